The summed E-state index contributed by atoms with van der Waals surface area (Å²) in [5.41, 5.74) is 2.52. The monoisotopic (exact) mass is 302 g/mol. The van der Waals surface area contributed by atoms with Crippen molar-refractivity contribution in [1.29, 1.82) is 0 Å². The predicted molar refractivity (Wildman–Crippen MR) is 87.9 cm³/mol. The summed E-state index contributed by atoms with van der Waals surface area (Å²) in [5, 5.41) is 3.98. The van der Waals surface area contributed by atoms with E-state index in [0.717, 1.165) is 11.3 Å². The second-order valence-electron chi connectivity index (χ2n) is 5.17. The van der Waals surface area contributed by atoms with Crippen LogP contribution in [0.5, 0.6) is 0 Å². The summed E-state index contributed by atoms with van der Waals surface area (Å²) in [7, 11) is 3.47. The fraction of sp³-hybridized carbons (Fsp3) is 0.235. The first kappa shape index (κ1) is 15.4. The van der Waals surface area contributed by atoms with Gasteiger partial charge in [0, 0.05) is 30.8 Å². The Kier molecular flexibility index (Phi) is 4.86. The van der Waals surface area contributed by atoms with Gasteiger partial charge in [-0.1, -0.05) is 41.9 Å². The molecule has 0 aliphatic heterocycles. The van der Waals surface area contributed by atoms with Gasteiger partial charge in [0.25, 0.3) is 5.91 Å². The number of hydrogen-bond donors (Lipinski definition) is 1. The number of halogens is 1. The molecule has 0 spiro atoms. The Morgan fingerprint density at radius 3 is 2.43 bits per heavy atom. The van der Waals surface area contributed by atoms with Crippen molar-refractivity contribution < 1.29 is 4.79 Å². The molecule has 1 atom stereocenters. The van der Waals surface area contributed by atoms with E-state index < -0.39 is 0 Å². The van der Waals surface area contributed by atoms with Crippen molar-refractivity contribution in [2.24, 2.45) is 0 Å². The lowest BCUT2D eigenvalue weighted by atomic mass is 10.1. The van der Waals surface area contributed by atoms with E-state index in [1.165, 1.54) is 0 Å². The number of hydrogen-bond acceptors (Lipinski definition) is 2. The molecular formula is C17H19ClN2O. The number of nitrogens with one attached hydrogen (secondary N) is 1. The molecule has 0 fully saturated rings. The minimum Gasteiger partial charge on any atom is -0.378 e. The zero-order chi connectivity index (χ0) is 15.4. The Hall–Kier alpha value is -2.00. The third-order valence-corrected chi connectivity index (χ3v) is 3.52. The average molecular weight is 303 g/mol. The predicted octanol–water partition coefficient (Wildman–Crippen LogP) is 4.21. The van der Waals surface area contributed by atoms with Crippen LogP contribution in [0.25, 0.3) is 0 Å². The highest BCUT2D eigenvalue weighted by Crippen LogP contribution is 2.26. The summed E-state index contributed by atoms with van der Waals surface area (Å²) in [6.45, 7) is 2.06. The van der Waals surface area contributed by atoms with Crippen LogP contribution < -0.4 is 5.32 Å². The summed E-state index contributed by atoms with van der Waals surface area (Å²) in [5.74, 6) is -0.0468. The smallest absolute Gasteiger partial charge is 0.255 e. The van der Waals surface area contributed by atoms with Crippen molar-refractivity contribution in [3.63, 3.8) is 0 Å². The van der Waals surface area contributed by atoms with Gasteiger partial charge in [-0.25, -0.2) is 0 Å². The molecule has 0 heterocycles. The van der Waals surface area contributed by atoms with E-state index in [-0.39, 0.29) is 11.9 Å². The SMILES string of the molecule is CC(Nc1cc(Cl)ccc1C(=O)N(C)C)c1ccccc1. The van der Waals surface area contributed by atoms with Gasteiger partial charge in [0.05, 0.1) is 5.56 Å². The van der Waals surface area contributed by atoms with E-state index in [1.807, 2.05) is 18.2 Å². The molecule has 1 N–H and O–H groups in total. The number of nitrogens with zero attached hydrogens (tertiary/aromatic N) is 1. The highest BCUT2D eigenvalue weighted by molar-refractivity contribution is 6.31. The lowest BCUT2D eigenvalue weighted by molar-refractivity contribution is 0.0828. The Bertz CT molecular complexity index is 626. The first-order valence-corrected chi connectivity index (χ1v) is 7.19. The second kappa shape index (κ2) is 6.64. The third-order valence-electron chi connectivity index (χ3n) is 3.29. The van der Waals surface area contributed by atoms with Crippen LogP contribution in [0.2, 0.25) is 5.02 Å². The standard InChI is InChI=1S/C17H19ClN2O/c1-12(13-7-5-4-6-8-13)19-16-11-14(18)9-10-15(16)17(21)20(2)3/h4-12,19H,1-3H3. The van der Waals surface area contributed by atoms with Crippen LogP contribution >= 0.6 is 11.6 Å². The van der Waals surface area contributed by atoms with Crippen LogP contribution in [0.1, 0.15) is 28.9 Å². The van der Waals surface area contributed by atoms with Crippen molar-refractivity contribution >= 4 is 23.2 Å². The van der Waals surface area contributed by atoms with E-state index >= 15 is 0 Å². The van der Waals surface area contributed by atoms with Crippen molar-refractivity contribution in [2.75, 3.05) is 19.4 Å². The van der Waals surface area contributed by atoms with Crippen LogP contribution in [-0.2, 0) is 0 Å². The normalized spacial score (nSPS) is 11.8. The lowest BCUT2D eigenvalue weighted by Gasteiger charge is -2.20. The zero-order valence-electron chi connectivity index (χ0n) is 12.4. The van der Waals surface area contributed by atoms with Gasteiger partial charge < -0.3 is 10.2 Å². The maximum atomic E-state index is 12.2. The van der Waals surface area contributed by atoms with Crippen molar-refractivity contribution in [3.05, 3.63) is 64.7 Å². The summed E-state index contributed by atoms with van der Waals surface area (Å²) in [6.07, 6.45) is 0. The van der Waals surface area contributed by atoms with E-state index in [9.17, 15) is 4.79 Å². The molecule has 0 saturated carbocycles. The highest BCUT2D eigenvalue weighted by atomic mass is 35.5. The van der Waals surface area contributed by atoms with Crippen LogP contribution in [0.15, 0.2) is 48.5 Å². The molecule has 0 aromatic heterocycles. The number of rotatable bonds is 4. The Balaban J connectivity index is 2.30. The van der Waals surface area contributed by atoms with Crippen LogP contribution in [-0.4, -0.2) is 24.9 Å². The zero-order valence-corrected chi connectivity index (χ0v) is 13.2. The molecule has 1 amide bonds. The van der Waals surface area contributed by atoms with Gasteiger partial charge in [-0.05, 0) is 30.7 Å². The lowest BCUT2D eigenvalue weighted by Crippen LogP contribution is -2.23. The minimum absolute atomic E-state index is 0.0468. The van der Waals surface area contributed by atoms with Gasteiger partial charge in [-0.3, -0.25) is 4.79 Å². The van der Waals surface area contributed by atoms with Crippen molar-refractivity contribution in [3.8, 4) is 0 Å². The number of anilines is 1. The van der Waals surface area contributed by atoms with Gasteiger partial charge in [-0.15, -0.1) is 0 Å². The molecule has 4 heteroatoms. The number of carbonyl (C=O) groups is 1. The number of carbonyl (C=O) groups excluding carboxylic acids is 1. The summed E-state index contributed by atoms with van der Waals surface area (Å²) in [4.78, 5) is 13.8. The van der Waals surface area contributed by atoms with E-state index in [4.69, 9.17) is 11.6 Å². The molecule has 0 radical (unpaired) electrons. The maximum absolute atomic E-state index is 12.2. The number of amides is 1. The van der Waals surface area contributed by atoms with Gasteiger partial charge in [0.1, 0.15) is 0 Å². The largest absolute Gasteiger partial charge is 0.378 e. The molecule has 0 saturated heterocycles. The molecule has 2 aromatic carbocycles. The van der Waals surface area contributed by atoms with E-state index in [1.54, 1.807) is 37.2 Å². The summed E-state index contributed by atoms with van der Waals surface area (Å²) < 4.78 is 0. The van der Waals surface area contributed by atoms with Crippen LogP contribution in [0.4, 0.5) is 5.69 Å². The summed E-state index contributed by atoms with van der Waals surface area (Å²) >= 11 is 6.07. The minimum atomic E-state index is -0.0468. The second-order valence-corrected chi connectivity index (χ2v) is 5.60. The van der Waals surface area contributed by atoms with Crippen LogP contribution in [0, 0.1) is 0 Å². The Morgan fingerprint density at radius 2 is 1.81 bits per heavy atom. The highest BCUT2D eigenvalue weighted by Gasteiger charge is 2.15. The quantitative estimate of drug-likeness (QED) is 0.917. The topological polar surface area (TPSA) is 32.3 Å². The van der Waals surface area contributed by atoms with E-state index in [2.05, 4.69) is 24.4 Å². The molecule has 2 rings (SSSR count). The molecule has 2 aromatic rings. The van der Waals surface area contributed by atoms with Gasteiger partial charge in [0.2, 0.25) is 0 Å². The molecular weight excluding hydrogens is 284 g/mol. The fourth-order valence-corrected chi connectivity index (χ4v) is 2.29. The van der Waals surface area contributed by atoms with Gasteiger partial charge in [0.15, 0.2) is 0 Å². The molecule has 21 heavy (non-hydrogen) atoms. The molecule has 0 aliphatic rings. The van der Waals surface area contributed by atoms with Gasteiger partial charge in [-0.2, -0.15) is 0 Å². The first-order valence-electron chi connectivity index (χ1n) is 6.81. The van der Waals surface area contributed by atoms with Crippen molar-refractivity contribution in [2.45, 2.75) is 13.0 Å². The fourth-order valence-electron chi connectivity index (χ4n) is 2.12. The van der Waals surface area contributed by atoms with Gasteiger partial charge >= 0.3 is 0 Å². The van der Waals surface area contributed by atoms with E-state index in [0.29, 0.717) is 10.6 Å². The third kappa shape index (κ3) is 3.76. The molecule has 0 bridgehead atoms. The van der Waals surface area contributed by atoms with Crippen molar-refractivity contribution in [1.82, 2.24) is 4.90 Å². The Morgan fingerprint density at radius 1 is 1.14 bits per heavy atom. The molecule has 110 valence electrons. The number of benzene rings is 2. The average Bonchev–Trinajstić information content (AvgIpc) is 2.47. The first-order chi connectivity index (χ1) is 9.99. The molecule has 0 aliphatic carbocycles. The maximum Gasteiger partial charge on any atom is 0.255 e. The Labute approximate surface area is 130 Å². The summed E-state index contributed by atoms with van der Waals surface area (Å²) in [6, 6.07) is 15.4. The van der Waals surface area contributed by atoms with Crippen LogP contribution in [0.3, 0.4) is 0 Å². The molecule has 1 unspecified atom stereocenters. The molecule has 3 nitrogen and oxygen atoms in total.